The number of hydrogen-bond acceptors (Lipinski definition) is 9. The minimum Gasteiger partial charge on any atom is -0.381 e. The highest BCUT2D eigenvalue weighted by atomic mass is 32.2. The van der Waals surface area contributed by atoms with Gasteiger partial charge in [-0.25, -0.2) is 18.4 Å². The molecule has 1 aliphatic carbocycles. The molecule has 2 aliphatic rings. The van der Waals surface area contributed by atoms with Crippen LogP contribution in [0.4, 0.5) is 5.95 Å². The highest BCUT2D eigenvalue weighted by molar-refractivity contribution is 7.93. The van der Waals surface area contributed by atoms with Crippen molar-refractivity contribution in [1.29, 1.82) is 0 Å². The molecule has 11 nitrogen and oxygen atoms in total. The molecule has 0 spiro atoms. The summed E-state index contributed by atoms with van der Waals surface area (Å²) in [6.45, 7) is 6.51. The second kappa shape index (κ2) is 10.9. The van der Waals surface area contributed by atoms with Crippen LogP contribution < -0.4 is 4.72 Å². The summed E-state index contributed by atoms with van der Waals surface area (Å²) >= 11 is 0. The van der Waals surface area contributed by atoms with Gasteiger partial charge in [-0.15, -0.1) is 10.2 Å². The molecule has 2 aromatic heterocycles. The van der Waals surface area contributed by atoms with Crippen LogP contribution in [0.2, 0.25) is 0 Å². The maximum Gasteiger partial charge on any atom is 0.238 e. The van der Waals surface area contributed by atoms with Crippen molar-refractivity contribution < 1.29 is 22.6 Å². The first-order valence-electron chi connectivity index (χ1n) is 12.1. The fourth-order valence-corrected chi connectivity index (χ4v) is 6.21. The van der Waals surface area contributed by atoms with E-state index in [9.17, 15) is 8.42 Å². The van der Waals surface area contributed by atoms with Crippen LogP contribution in [-0.4, -0.2) is 78.0 Å². The first-order chi connectivity index (χ1) is 16.8. The maximum absolute atomic E-state index is 13.5. The Morgan fingerprint density at radius 1 is 1.09 bits per heavy atom. The Labute approximate surface area is 207 Å². The lowest BCUT2D eigenvalue weighted by Crippen LogP contribution is -2.42. The molecule has 5 unspecified atom stereocenters. The molecular formula is C23H36N6O5S. The number of methoxy groups -OCH3 is 2. The number of aryl methyl sites for hydroxylation is 1. The number of aromatic nitrogens is 5. The summed E-state index contributed by atoms with van der Waals surface area (Å²) in [5.41, 5.74) is 0.916. The molecule has 1 N–H and O–H groups in total. The Morgan fingerprint density at radius 3 is 2.31 bits per heavy atom. The van der Waals surface area contributed by atoms with E-state index in [4.69, 9.17) is 14.2 Å². The molecule has 1 saturated heterocycles. The van der Waals surface area contributed by atoms with Crippen LogP contribution in [0.15, 0.2) is 12.4 Å². The molecule has 4 rings (SSSR count). The average Bonchev–Trinajstić information content (AvgIpc) is 3.52. The molecule has 5 atom stereocenters. The molecule has 0 aromatic carbocycles. The lowest BCUT2D eigenvalue weighted by Gasteiger charge is -2.38. The van der Waals surface area contributed by atoms with Crippen molar-refractivity contribution in [1.82, 2.24) is 24.7 Å². The van der Waals surface area contributed by atoms with E-state index in [2.05, 4.69) is 24.9 Å². The zero-order chi connectivity index (χ0) is 25.2. The molecule has 35 heavy (non-hydrogen) atoms. The van der Waals surface area contributed by atoms with E-state index >= 15 is 0 Å². The Balaban J connectivity index is 1.69. The van der Waals surface area contributed by atoms with Gasteiger partial charge in [0.25, 0.3) is 0 Å². The SMILES string of the molecule is COC1CCCC(OC)C1n1c(NS(=O)(=O)C(C)C(C)c2ncc(C)cn2)nnc1C1CCOC1. The number of nitrogens with one attached hydrogen (secondary N) is 1. The Kier molecular flexibility index (Phi) is 8.04. The number of anilines is 1. The van der Waals surface area contributed by atoms with Gasteiger partial charge in [-0.3, -0.25) is 9.29 Å². The molecule has 0 bridgehead atoms. The van der Waals surface area contributed by atoms with Crippen molar-refractivity contribution in [3.8, 4) is 0 Å². The second-order valence-corrected chi connectivity index (χ2v) is 11.6. The van der Waals surface area contributed by atoms with Crippen molar-refractivity contribution in [2.75, 3.05) is 32.2 Å². The van der Waals surface area contributed by atoms with Crippen LogP contribution in [0.5, 0.6) is 0 Å². The van der Waals surface area contributed by atoms with E-state index in [0.717, 1.165) is 31.2 Å². The molecule has 2 fully saturated rings. The molecule has 2 aromatic rings. The quantitative estimate of drug-likeness (QED) is 0.543. The molecular weight excluding hydrogens is 472 g/mol. The van der Waals surface area contributed by atoms with Crippen molar-refractivity contribution in [2.24, 2.45) is 0 Å². The fourth-order valence-electron chi connectivity index (χ4n) is 4.97. The largest absolute Gasteiger partial charge is 0.381 e. The van der Waals surface area contributed by atoms with Crippen LogP contribution in [-0.2, 0) is 24.2 Å². The van der Waals surface area contributed by atoms with Gasteiger partial charge in [0.1, 0.15) is 11.6 Å². The minimum absolute atomic E-state index is 0.0231. The van der Waals surface area contributed by atoms with E-state index < -0.39 is 21.2 Å². The van der Waals surface area contributed by atoms with Gasteiger partial charge in [-0.2, -0.15) is 0 Å². The number of rotatable bonds is 9. The van der Waals surface area contributed by atoms with Gasteiger partial charge in [0, 0.05) is 45.1 Å². The maximum atomic E-state index is 13.5. The smallest absolute Gasteiger partial charge is 0.238 e. The highest BCUT2D eigenvalue weighted by Crippen LogP contribution is 2.38. The summed E-state index contributed by atoms with van der Waals surface area (Å²) < 4.78 is 48.9. The van der Waals surface area contributed by atoms with Gasteiger partial charge < -0.3 is 14.2 Å². The van der Waals surface area contributed by atoms with Gasteiger partial charge in [0.15, 0.2) is 0 Å². The third-order valence-electron chi connectivity index (χ3n) is 7.30. The van der Waals surface area contributed by atoms with Crippen LogP contribution in [0, 0.1) is 6.92 Å². The van der Waals surface area contributed by atoms with Gasteiger partial charge >= 0.3 is 0 Å². The molecule has 1 aliphatic heterocycles. The summed E-state index contributed by atoms with van der Waals surface area (Å²) in [6, 6.07) is -0.268. The fraction of sp³-hybridized carbons (Fsp3) is 0.739. The van der Waals surface area contributed by atoms with Gasteiger partial charge in [-0.05, 0) is 45.1 Å². The van der Waals surface area contributed by atoms with Crippen molar-refractivity contribution >= 4 is 16.0 Å². The van der Waals surface area contributed by atoms with E-state index in [1.54, 1.807) is 33.5 Å². The monoisotopic (exact) mass is 508 g/mol. The standard InChI is InChI=1S/C23H36N6O5S/c1-14-11-24-21(25-12-14)15(2)16(3)35(30,31)28-23-27-26-22(17-9-10-34-13-17)29(23)20-18(32-4)7-6-8-19(20)33-5/h11-12,15-20H,6-10,13H2,1-5H3,(H,27,28). The molecule has 1 saturated carbocycles. The third kappa shape index (κ3) is 5.35. The Morgan fingerprint density at radius 2 is 1.74 bits per heavy atom. The van der Waals surface area contributed by atoms with Crippen molar-refractivity contribution in [2.45, 2.75) is 81.8 Å². The first-order valence-corrected chi connectivity index (χ1v) is 13.7. The van der Waals surface area contributed by atoms with E-state index in [-0.39, 0.29) is 30.1 Å². The summed E-state index contributed by atoms with van der Waals surface area (Å²) in [5, 5.41) is 7.94. The molecule has 12 heteroatoms. The topological polar surface area (TPSA) is 130 Å². The van der Waals surface area contributed by atoms with Crippen LogP contribution in [0.1, 0.15) is 74.6 Å². The van der Waals surface area contributed by atoms with Gasteiger partial charge in [-0.1, -0.05) is 6.92 Å². The van der Waals surface area contributed by atoms with Gasteiger partial charge in [0.05, 0.1) is 30.1 Å². The molecule has 0 amide bonds. The number of hydrogen-bond donors (Lipinski definition) is 1. The van der Waals surface area contributed by atoms with E-state index in [1.165, 1.54) is 0 Å². The number of ether oxygens (including phenoxy) is 3. The number of sulfonamides is 1. The summed E-state index contributed by atoms with van der Waals surface area (Å²) in [4.78, 5) is 8.65. The van der Waals surface area contributed by atoms with Crippen LogP contribution >= 0.6 is 0 Å². The first kappa shape index (κ1) is 25.9. The number of nitrogens with zero attached hydrogens (tertiary/aromatic N) is 5. The molecule has 0 radical (unpaired) electrons. The summed E-state index contributed by atoms with van der Waals surface area (Å²) in [5.74, 6) is 0.936. The second-order valence-electron chi connectivity index (χ2n) is 9.54. The van der Waals surface area contributed by atoms with Gasteiger partial charge in [0.2, 0.25) is 16.0 Å². The predicted octanol–water partition coefficient (Wildman–Crippen LogP) is 2.57. The Bertz CT molecular complexity index is 1070. The highest BCUT2D eigenvalue weighted by Gasteiger charge is 2.41. The van der Waals surface area contributed by atoms with E-state index in [1.807, 2.05) is 18.4 Å². The summed E-state index contributed by atoms with van der Waals surface area (Å²) in [6.07, 6.45) is 6.50. The Hall–Kier alpha value is -2.15. The zero-order valence-electron chi connectivity index (χ0n) is 21.0. The van der Waals surface area contributed by atoms with E-state index in [0.29, 0.717) is 24.9 Å². The van der Waals surface area contributed by atoms with Crippen LogP contribution in [0.3, 0.4) is 0 Å². The molecule has 194 valence electrons. The van der Waals surface area contributed by atoms with Crippen molar-refractivity contribution in [3.05, 3.63) is 29.6 Å². The summed E-state index contributed by atoms with van der Waals surface area (Å²) in [7, 11) is -0.508. The lowest BCUT2D eigenvalue weighted by molar-refractivity contribution is -0.0564. The zero-order valence-corrected chi connectivity index (χ0v) is 21.9. The average molecular weight is 509 g/mol. The van der Waals surface area contributed by atoms with Crippen molar-refractivity contribution in [3.63, 3.8) is 0 Å². The normalized spacial score (nSPS) is 27.0. The predicted molar refractivity (Wildman–Crippen MR) is 130 cm³/mol. The third-order valence-corrected chi connectivity index (χ3v) is 9.15. The lowest BCUT2D eigenvalue weighted by atomic mass is 9.88. The minimum atomic E-state index is -3.86. The molecule has 3 heterocycles. The van der Waals surface area contributed by atoms with Crippen LogP contribution in [0.25, 0.3) is 0 Å².